The second kappa shape index (κ2) is 10.2. The van der Waals surface area contributed by atoms with Gasteiger partial charge in [-0.2, -0.15) is 0 Å². The van der Waals surface area contributed by atoms with Crippen molar-refractivity contribution in [2.45, 2.75) is 13.2 Å². The lowest BCUT2D eigenvalue weighted by Gasteiger charge is -2.12. The number of carbonyl (C=O) groups excluding carboxylic acids is 2. The molecule has 3 aromatic carbocycles. The Kier molecular flexibility index (Phi) is 7.14. The third kappa shape index (κ3) is 5.37. The molecular weight excluding hydrogens is 568 g/mol. The van der Waals surface area contributed by atoms with Crippen LogP contribution in [0.2, 0.25) is 0 Å². The van der Waals surface area contributed by atoms with Crippen LogP contribution in [-0.2, 0) is 17.9 Å². The highest BCUT2D eigenvalue weighted by molar-refractivity contribution is 9.11. The van der Waals surface area contributed by atoms with E-state index < -0.39 is 17.9 Å². The number of aromatic carboxylic acids is 1. The summed E-state index contributed by atoms with van der Waals surface area (Å²) in [6.45, 7) is 0.428. The first kappa shape index (κ1) is 23.7. The Hall–Kier alpha value is -3.43. The molecule has 1 saturated heterocycles. The van der Waals surface area contributed by atoms with E-state index >= 15 is 0 Å². The van der Waals surface area contributed by atoms with E-state index in [0.29, 0.717) is 20.3 Å². The summed E-state index contributed by atoms with van der Waals surface area (Å²) in [6.07, 6.45) is 1.61. The van der Waals surface area contributed by atoms with Crippen molar-refractivity contribution in [2.75, 3.05) is 0 Å². The summed E-state index contributed by atoms with van der Waals surface area (Å²) in [5, 5.41) is 11.6. The van der Waals surface area contributed by atoms with Gasteiger partial charge in [0.25, 0.3) is 5.91 Å². The lowest BCUT2D eigenvalue weighted by molar-refractivity contribution is -0.123. The summed E-state index contributed by atoms with van der Waals surface area (Å²) in [7, 11) is 0. The Morgan fingerprint density at radius 1 is 0.971 bits per heavy atom. The van der Waals surface area contributed by atoms with Crippen molar-refractivity contribution in [1.29, 1.82) is 0 Å². The van der Waals surface area contributed by atoms with Gasteiger partial charge in [0.1, 0.15) is 18.1 Å². The second-order valence-electron chi connectivity index (χ2n) is 7.47. The number of carboxylic acids is 1. The van der Waals surface area contributed by atoms with Crippen molar-refractivity contribution in [1.82, 2.24) is 10.2 Å². The Morgan fingerprint density at radius 3 is 2.24 bits per heavy atom. The summed E-state index contributed by atoms with van der Waals surface area (Å²) in [5.74, 6) is -0.828. The van der Waals surface area contributed by atoms with Crippen LogP contribution < -0.4 is 10.1 Å². The molecule has 3 aromatic rings. The van der Waals surface area contributed by atoms with Crippen LogP contribution in [0.15, 0.2) is 81.4 Å². The lowest BCUT2D eigenvalue weighted by atomic mass is 10.1. The van der Waals surface area contributed by atoms with Crippen molar-refractivity contribution in [3.05, 3.63) is 104 Å². The summed E-state index contributed by atoms with van der Waals surface area (Å²) < 4.78 is 7.19. The number of rotatable bonds is 7. The smallest absolute Gasteiger partial charge is 0.335 e. The van der Waals surface area contributed by atoms with Crippen LogP contribution in [0, 0.1) is 0 Å². The molecular formula is C25H18Br2N2O5. The molecule has 2 N–H and O–H groups in total. The normalized spacial score (nSPS) is 14.4. The van der Waals surface area contributed by atoms with E-state index in [9.17, 15) is 14.4 Å². The molecule has 7 nitrogen and oxygen atoms in total. The van der Waals surface area contributed by atoms with E-state index in [1.807, 2.05) is 30.3 Å². The van der Waals surface area contributed by atoms with Gasteiger partial charge in [0, 0.05) is 0 Å². The first-order chi connectivity index (χ1) is 16.3. The van der Waals surface area contributed by atoms with Gasteiger partial charge in [-0.05, 0) is 78.9 Å². The van der Waals surface area contributed by atoms with E-state index in [4.69, 9.17) is 9.84 Å². The fourth-order valence-electron chi connectivity index (χ4n) is 3.35. The van der Waals surface area contributed by atoms with Crippen molar-refractivity contribution < 1.29 is 24.2 Å². The molecule has 34 heavy (non-hydrogen) atoms. The Morgan fingerprint density at radius 2 is 1.62 bits per heavy atom. The summed E-state index contributed by atoms with van der Waals surface area (Å²) in [4.78, 5) is 37.3. The quantitative estimate of drug-likeness (QED) is 0.279. The maximum Gasteiger partial charge on any atom is 0.335 e. The molecule has 172 valence electrons. The van der Waals surface area contributed by atoms with Crippen LogP contribution in [0.25, 0.3) is 6.08 Å². The van der Waals surface area contributed by atoms with E-state index in [0.717, 1.165) is 11.1 Å². The highest BCUT2D eigenvalue weighted by atomic mass is 79.9. The largest absolute Gasteiger partial charge is 0.487 e. The maximum atomic E-state index is 12.8. The standard InChI is InChI=1S/C25H18Br2N2O5/c26-19-10-17(11-20(27)22(19)34-14-16-6-8-18(9-7-16)24(31)32)12-21-23(30)29(25(33)28-21)13-15-4-2-1-3-5-15/h1-12H,13-14H2,(H,28,33)(H,31,32)/b21-12+. The zero-order valence-corrected chi connectivity index (χ0v) is 20.8. The minimum Gasteiger partial charge on any atom is -0.487 e. The van der Waals surface area contributed by atoms with Gasteiger partial charge >= 0.3 is 12.0 Å². The molecule has 1 aliphatic heterocycles. The fourth-order valence-corrected chi connectivity index (χ4v) is 4.80. The number of carboxylic acid groups (broad SMARTS) is 1. The Balaban J connectivity index is 1.47. The number of nitrogens with one attached hydrogen (secondary N) is 1. The van der Waals surface area contributed by atoms with Gasteiger partial charge < -0.3 is 15.2 Å². The minimum absolute atomic E-state index is 0.187. The molecule has 0 bridgehead atoms. The first-order valence-electron chi connectivity index (χ1n) is 10.1. The number of benzene rings is 3. The van der Waals surface area contributed by atoms with E-state index in [2.05, 4.69) is 37.2 Å². The van der Waals surface area contributed by atoms with Gasteiger partial charge in [0.2, 0.25) is 0 Å². The van der Waals surface area contributed by atoms with Crippen molar-refractivity contribution >= 4 is 55.8 Å². The van der Waals surface area contributed by atoms with Crippen LogP contribution in [-0.4, -0.2) is 27.9 Å². The molecule has 1 aliphatic rings. The van der Waals surface area contributed by atoms with Crippen LogP contribution in [0.3, 0.4) is 0 Å². The Labute approximate surface area is 212 Å². The predicted molar refractivity (Wildman–Crippen MR) is 133 cm³/mol. The lowest BCUT2D eigenvalue weighted by Crippen LogP contribution is -2.30. The first-order valence-corrected chi connectivity index (χ1v) is 11.7. The molecule has 0 radical (unpaired) electrons. The van der Waals surface area contributed by atoms with E-state index in [1.165, 1.54) is 17.0 Å². The topological polar surface area (TPSA) is 95.9 Å². The average molecular weight is 586 g/mol. The maximum absolute atomic E-state index is 12.8. The number of halogens is 2. The molecule has 4 rings (SSSR count). The number of amides is 3. The van der Waals surface area contributed by atoms with Gasteiger partial charge in [-0.15, -0.1) is 0 Å². The third-order valence-corrected chi connectivity index (χ3v) is 6.24. The molecule has 9 heteroatoms. The van der Waals surface area contributed by atoms with Gasteiger partial charge in [0.15, 0.2) is 0 Å². The van der Waals surface area contributed by atoms with Crippen LogP contribution in [0.5, 0.6) is 5.75 Å². The van der Waals surface area contributed by atoms with Gasteiger partial charge in [-0.25, -0.2) is 9.59 Å². The molecule has 1 fully saturated rings. The molecule has 1 heterocycles. The van der Waals surface area contributed by atoms with E-state index in [1.54, 1.807) is 30.3 Å². The molecule has 0 aromatic heterocycles. The van der Waals surface area contributed by atoms with Gasteiger partial charge in [-0.1, -0.05) is 42.5 Å². The monoisotopic (exact) mass is 584 g/mol. The van der Waals surface area contributed by atoms with Crippen molar-refractivity contribution in [3.63, 3.8) is 0 Å². The number of nitrogens with zero attached hydrogens (tertiary/aromatic N) is 1. The van der Waals surface area contributed by atoms with Gasteiger partial charge in [0.05, 0.1) is 21.1 Å². The van der Waals surface area contributed by atoms with Crippen molar-refractivity contribution in [3.8, 4) is 5.75 Å². The Bertz CT molecular complexity index is 1270. The number of imide groups is 1. The molecule has 3 amide bonds. The van der Waals surface area contributed by atoms with Crippen LogP contribution >= 0.6 is 31.9 Å². The minimum atomic E-state index is -0.984. The zero-order chi connectivity index (χ0) is 24.2. The summed E-state index contributed by atoms with van der Waals surface area (Å²) >= 11 is 6.98. The number of carbonyl (C=O) groups is 3. The fraction of sp³-hybridized carbons (Fsp3) is 0.0800. The average Bonchev–Trinajstić information content (AvgIpc) is 3.07. The summed E-state index contributed by atoms with van der Waals surface area (Å²) in [5.41, 5.74) is 2.75. The van der Waals surface area contributed by atoms with Crippen LogP contribution in [0.4, 0.5) is 4.79 Å². The second-order valence-corrected chi connectivity index (χ2v) is 9.18. The van der Waals surface area contributed by atoms with Crippen LogP contribution in [0.1, 0.15) is 27.0 Å². The number of urea groups is 1. The molecule has 0 saturated carbocycles. The van der Waals surface area contributed by atoms with E-state index in [-0.39, 0.29) is 24.4 Å². The predicted octanol–water partition coefficient (Wildman–Crippen LogP) is 5.58. The number of hydrogen-bond acceptors (Lipinski definition) is 4. The highest BCUT2D eigenvalue weighted by Gasteiger charge is 2.33. The molecule has 0 aliphatic carbocycles. The highest BCUT2D eigenvalue weighted by Crippen LogP contribution is 2.36. The molecule has 0 unspecified atom stereocenters. The molecule has 0 spiro atoms. The SMILES string of the molecule is O=C(O)c1ccc(COc2c(Br)cc(/C=C3/NC(=O)N(Cc4ccccc4)C3=O)cc2Br)cc1. The summed E-state index contributed by atoms with van der Waals surface area (Å²) in [6, 6.07) is 18.8. The number of ether oxygens (including phenoxy) is 1. The number of hydrogen-bond donors (Lipinski definition) is 2. The van der Waals surface area contributed by atoms with Gasteiger partial charge in [-0.3, -0.25) is 9.69 Å². The third-order valence-electron chi connectivity index (χ3n) is 5.06. The van der Waals surface area contributed by atoms with Crippen molar-refractivity contribution in [2.24, 2.45) is 0 Å². The zero-order valence-electron chi connectivity index (χ0n) is 17.6. The molecule has 0 atom stereocenters.